The summed E-state index contributed by atoms with van der Waals surface area (Å²) in [5.41, 5.74) is 1.68. The van der Waals surface area contributed by atoms with Crippen molar-refractivity contribution in [3.63, 3.8) is 0 Å². The number of carbonyl (C=O) groups excluding carboxylic acids is 3. The topological polar surface area (TPSA) is 66.5 Å². The molecule has 2 bridgehead atoms. The van der Waals surface area contributed by atoms with Crippen molar-refractivity contribution < 1.29 is 14.4 Å². The number of fused-ring (bicyclic) bond motifs is 5. The van der Waals surface area contributed by atoms with Crippen LogP contribution >= 0.6 is 11.6 Å². The van der Waals surface area contributed by atoms with Gasteiger partial charge in [-0.15, -0.1) is 0 Å². The number of likely N-dealkylation sites (tertiary alicyclic amines) is 1. The highest BCUT2D eigenvalue weighted by Crippen LogP contribution is 2.56. The van der Waals surface area contributed by atoms with Crippen LogP contribution in [0.5, 0.6) is 0 Å². The van der Waals surface area contributed by atoms with E-state index in [2.05, 4.69) is 5.32 Å². The van der Waals surface area contributed by atoms with Gasteiger partial charge in [-0.25, -0.2) is 0 Å². The first-order valence-corrected chi connectivity index (χ1v) is 11.3. The Morgan fingerprint density at radius 1 is 1.00 bits per heavy atom. The summed E-state index contributed by atoms with van der Waals surface area (Å²) in [6, 6.07) is 5.50. The SMILES string of the molecule is Cc1ccc(NC(=O)C2CCC(N3C(=O)[C@H]4[C@@H]5CC[C@@H](C5)[C@@H]4C3=O)CC2)cc1Cl. The fourth-order valence-electron chi connectivity index (χ4n) is 6.30. The van der Waals surface area contributed by atoms with Crippen molar-refractivity contribution in [2.24, 2.45) is 29.6 Å². The average Bonchev–Trinajstić information content (AvgIpc) is 3.39. The molecule has 4 aliphatic rings. The van der Waals surface area contributed by atoms with Crippen LogP contribution in [0.4, 0.5) is 5.69 Å². The monoisotopic (exact) mass is 414 g/mol. The lowest BCUT2D eigenvalue weighted by molar-refractivity contribution is -0.144. The number of halogens is 1. The summed E-state index contributed by atoms with van der Waals surface area (Å²) in [5, 5.41) is 3.60. The molecule has 1 N–H and O–H groups in total. The van der Waals surface area contributed by atoms with E-state index in [4.69, 9.17) is 11.6 Å². The van der Waals surface area contributed by atoms with Crippen LogP contribution in [0.3, 0.4) is 0 Å². The first-order chi connectivity index (χ1) is 13.9. The second-order valence-corrected chi connectivity index (χ2v) is 9.80. The number of imide groups is 1. The van der Waals surface area contributed by atoms with Gasteiger partial charge in [-0.1, -0.05) is 17.7 Å². The number of aryl methyl sites for hydroxylation is 1. The van der Waals surface area contributed by atoms with Crippen LogP contribution in [0, 0.1) is 36.5 Å². The molecule has 3 saturated carbocycles. The zero-order valence-corrected chi connectivity index (χ0v) is 17.5. The molecule has 5 rings (SSSR count). The fourth-order valence-corrected chi connectivity index (χ4v) is 6.48. The van der Waals surface area contributed by atoms with Gasteiger partial charge < -0.3 is 5.32 Å². The van der Waals surface area contributed by atoms with E-state index < -0.39 is 0 Å². The highest BCUT2D eigenvalue weighted by molar-refractivity contribution is 6.31. The molecule has 0 radical (unpaired) electrons. The Labute approximate surface area is 176 Å². The normalized spacial score (nSPS) is 35.9. The van der Waals surface area contributed by atoms with Crippen LogP contribution < -0.4 is 5.32 Å². The number of rotatable bonds is 3. The van der Waals surface area contributed by atoms with Crippen LogP contribution in [-0.2, 0) is 14.4 Å². The molecule has 1 heterocycles. The molecule has 3 aliphatic carbocycles. The highest BCUT2D eigenvalue weighted by Gasteiger charge is 2.61. The Balaban J connectivity index is 1.20. The number of nitrogens with one attached hydrogen (secondary N) is 1. The molecule has 154 valence electrons. The molecule has 29 heavy (non-hydrogen) atoms. The van der Waals surface area contributed by atoms with Gasteiger partial charge >= 0.3 is 0 Å². The van der Waals surface area contributed by atoms with E-state index in [9.17, 15) is 14.4 Å². The van der Waals surface area contributed by atoms with E-state index in [1.165, 1.54) is 0 Å². The summed E-state index contributed by atoms with van der Waals surface area (Å²) in [6.45, 7) is 1.93. The van der Waals surface area contributed by atoms with E-state index in [1.807, 2.05) is 19.1 Å². The smallest absolute Gasteiger partial charge is 0.233 e. The number of nitrogens with zero attached hydrogens (tertiary/aromatic N) is 1. The van der Waals surface area contributed by atoms with Crippen LogP contribution in [-0.4, -0.2) is 28.7 Å². The highest BCUT2D eigenvalue weighted by atomic mass is 35.5. The lowest BCUT2D eigenvalue weighted by Gasteiger charge is -2.33. The van der Waals surface area contributed by atoms with Crippen molar-refractivity contribution in [2.45, 2.75) is 57.9 Å². The minimum Gasteiger partial charge on any atom is -0.326 e. The lowest BCUT2D eigenvalue weighted by atomic mass is 9.81. The molecule has 1 saturated heterocycles. The van der Waals surface area contributed by atoms with Gasteiger partial charge in [0.2, 0.25) is 17.7 Å². The minimum atomic E-state index is -0.0881. The summed E-state index contributed by atoms with van der Waals surface area (Å²) in [5.74, 6) is 0.822. The molecule has 4 fully saturated rings. The summed E-state index contributed by atoms with van der Waals surface area (Å²) in [4.78, 5) is 40.3. The Bertz CT molecular complexity index is 849. The molecule has 0 spiro atoms. The van der Waals surface area contributed by atoms with Crippen molar-refractivity contribution in [1.82, 2.24) is 4.90 Å². The minimum absolute atomic E-state index is 0.00245. The molecule has 1 aliphatic heterocycles. The largest absolute Gasteiger partial charge is 0.326 e. The van der Waals surface area contributed by atoms with Crippen LogP contribution in [0.1, 0.15) is 50.5 Å². The van der Waals surface area contributed by atoms with Crippen molar-refractivity contribution in [3.05, 3.63) is 28.8 Å². The lowest BCUT2D eigenvalue weighted by Crippen LogP contribution is -2.44. The first-order valence-electron chi connectivity index (χ1n) is 10.9. The Morgan fingerprint density at radius 3 is 2.21 bits per heavy atom. The summed E-state index contributed by atoms with van der Waals surface area (Å²) >= 11 is 6.15. The standard InChI is InChI=1S/C23H27ClN2O3/c1-12-2-7-16(11-18(12)24)25-21(27)13-5-8-17(9-6-13)26-22(28)19-14-3-4-15(10-14)20(19)23(26)29/h2,7,11,13-15,17,19-20H,3-6,8-10H2,1H3,(H,25,27)/t13?,14-,15+,17?,19-,20-/m0/s1. The Kier molecular flexibility index (Phi) is 4.69. The molecule has 0 unspecified atom stereocenters. The van der Waals surface area contributed by atoms with E-state index in [0.717, 1.165) is 37.7 Å². The number of carbonyl (C=O) groups is 3. The van der Waals surface area contributed by atoms with Crippen LogP contribution in [0.2, 0.25) is 5.02 Å². The zero-order chi connectivity index (χ0) is 20.3. The number of hydrogen-bond donors (Lipinski definition) is 1. The number of anilines is 1. The van der Waals surface area contributed by atoms with Crippen molar-refractivity contribution in [3.8, 4) is 0 Å². The third-order valence-electron chi connectivity index (χ3n) is 7.83. The summed E-state index contributed by atoms with van der Waals surface area (Å²) in [7, 11) is 0. The third kappa shape index (κ3) is 3.09. The van der Waals surface area contributed by atoms with Crippen molar-refractivity contribution in [1.29, 1.82) is 0 Å². The second kappa shape index (κ2) is 7.12. The maximum atomic E-state index is 13.0. The van der Waals surface area contributed by atoms with Crippen LogP contribution in [0.25, 0.3) is 0 Å². The molecule has 5 nitrogen and oxygen atoms in total. The maximum Gasteiger partial charge on any atom is 0.233 e. The average molecular weight is 415 g/mol. The van der Waals surface area contributed by atoms with Gasteiger partial charge in [0.25, 0.3) is 0 Å². The molecular weight excluding hydrogens is 388 g/mol. The van der Waals surface area contributed by atoms with Gasteiger partial charge in [-0.2, -0.15) is 0 Å². The quantitative estimate of drug-likeness (QED) is 0.754. The van der Waals surface area contributed by atoms with E-state index >= 15 is 0 Å². The van der Waals surface area contributed by atoms with Gasteiger partial charge in [0.1, 0.15) is 0 Å². The summed E-state index contributed by atoms with van der Waals surface area (Å²) in [6.07, 6.45) is 6.13. The first kappa shape index (κ1) is 19.1. The van der Waals surface area contributed by atoms with Crippen LogP contribution in [0.15, 0.2) is 18.2 Å². The molecule has 3 amide bonds. The van der Waals surface area contributed by atoms with Gasteiger partial charge in [0, 0.05) is 22.7 Å². The predicted octanol–water partition coefficient (Wildman–Crippen LogP) is 4.18. The molecule has 4 atom stereocenters. The predicted molar refractivity (Wildman–Crippen MR) is 110 cm³/mol. The van der Waals surface area contributed by atoms with Gasteiger partial charge in [0.05, 0.1) is 11.8 Å². The third-order valence-corrected chi connectivity index (χ3v) is 8.24. The number of amides is 3. The van der Waals surface area contributed by atoms with E-state index in [-0.39, 0.29) is 41.5 Å². The zero-order valence-electron chi connectivity index (χ0n) is 16.7. The summed E-state index contributed by atoms with van der Waals surface area (Å²) < 4.78 is 0. The molecule has 6 heteroatoms. The van der Waals surface area contributed by atoms with Gasteiger partial charge in [0.15, 0.2) is 0 Å². The Hall–Kier alpha value is -1.88. The number of benzene rings is 1. The Morgan fingerprint density at radius 2 is 1.62 bits per heavy atom. The van der Waals surface area contributed by atoms with E-state index in [0.29, 0.717) is 35.4 Å². The molecular formula is C23H27ClN2O3. The van der Waals surface area contributed by atoms with Gasteiger partial charge in [-0.05, 0) is 81.4 Å². The van der Waals surface area contributed by atoms with Crippen molar-refractivity contribution >= 4 is 35.0 Å². The fraction of sp³-hybridized carbons (Fsp3) is 0.609. The molecule has 0 aromatic heterocycles. The van der Waals surface area contributed by atoms with Crippen molar-refractivity contribution in [2.75, 3.05) is 5.32 Å². The molecule has 1 aromatic carbocycles. The maximum absolute atomic E-state index is 13.0. The molecule has 1 aromatic rings. The number of hydrogen-bond acceptors (Lipinski definition) is 3. The van der Waals surface area contributed by atoms with Gasteiger partial charge in [-0.3, -0.25) is 19.3 Å². The van der Waals surface area contributed by atoms with E-state index in [1.54, 1.807) is 11.0 Å². The second-order valence-electron chi connectivity index (χ2n) is 9.39.